The summed E-state index contributed by atoms with van der Waals surface area (Å²) in [6.45, 7) is 4.12. The first-order valence-corrected chi connectivity index (χ1v) is 4.68. The lowest BCUT2D eigenvalue weighted by molar-refractivity contribution is 0.111. The van der Waals surface area contributed by atoms with Gasteiger partial charge in [-0.25, -0.2) is 0 Å². The standard InChI is InChI=1S/C12H14O3/c1-3-4-7-15-12-6-5-11(14-2)8-10(12)9-13/h3,5-6,8-9H,1,4,7H2,2H3. The zero-order valence-electron chi connectivity index (χ0n) is 8.73. The van der Waals surface area contributed by atoms with Crippen molar-refractivity contribution in [3.8, 4) is 11.5 Å². The van der Waals surface area contributed by atoms with Crippen molar-refractivity contribution < 1.29 is 14.3 Å². The van der Waals surface area contributed by atoms with Gasteiger partial charge in [-0.2, -0.15) is 0 Å². The Hall–Kier alpha value is -1.77. The van der Waals surface area contributed by atoms with Crippen LogP contribution in [0.25, 0.3) is 0 Å². The molecule has 0 heterocycles. The van der Waals surface area contributed by atoms with Crippen LogP contribution in [0.1, 0.15) is 16.8 Å². The fourth-order valence-electron chi connectivity index (χ4n) is 1.13. The lowest BCUT2D eigenvalue weighted by atomic mass is 10.2. The zero-order valence-corrected chi connectivity index (χ0v) is 8.73. The van der Waals surface area contributed by atoms with Crippen LogP contribution in [0.3, 0.4) is 0 Å². The van der Waals surface area contributed by atoms with Crippen LogP contribution in [0.15, 0.2) is 30.9 Å². The normalized spacial score (nSPS) is 9.40. The number of ether oxygens (including phenoxy) is 2. The van der Waals surface area contributed by atoms with E-state index in [2.05, 4.69) is 6.58 Å². The molecular weight excluding hydrogens is 192 g/mol. The van der Waals surface area contributed by atoms with Crippen LogP contribution in [0, 0.1) is 0 Å². The summed E-state index contributed by atoms with van der Waals surface area (Å²) in [5.74, 6) is 1.22. The molecule has 0 fully saturated rings. The monoisotopic (exact) mass is 206 g/mol. The number of carbonyl (C=O) groups excluding carboxylic acids is 1. The summed E-state index contributed by atoms with van der Waals surface area (Å²) in [6, 6.07) is 5.14. The molecule has 3 heteroatoms. The summed E-state index contributed by atoms with van der Waals surface area (Å²) >= 11 is 0. The lowest BCUT2D eigenvalue weighted by Gasteiger charge is -2.08. The third-order valence-electron chi connectivity index (χ3n) is 1.92. The molecule has 80 valence electrons. The minimum absolute atomic E-state index is 0.499. The van der Waals surface area contributed by atoms with Gasteiger partial charge in [0.15, 0.2) is 6.29 Å². The van der Waals surface area contributed by atoms with Crippen molar-refractivity contribution in [3.63, 3.8) is 0 Å². The van der Waals surface area contributed by atoms with Crippen molar-refractivity contribution in [1.82, 2.24) is 0 Å². The number of benzene rings is 1. The molecule has 0 aromatic heterocycles. The van der Waals surface area contributed by atoms with Gasteiger partial charge in [0.1, 0.15) is 11.5 Å². The maximum atomic E-state index is 10.8. The van der Waals surface area contributed by atoms with Crippen LogP contribution in [-0.2, 0) is 0 Å². The van der Waals surface area contributed by atoms with E-state index in [1.165, 1.54) is 0 Å². The molecule has 0 saturated heterocycles. The van der Waals surface area contributed by atoms with Gasteiger partial charge in [-0.05, 0) is 24.6 Å². The molecule has 0 aliphatic heterocycles. The number of rotatable bonds is 6. The van der Waals surface area contributed by atoms with E-state index in [0.29, 0.717) is 23.7 Å². The van der Waals surface area contributed by atoms with Gasteiger partial charge in [-0.15, -0.1) is 6.58 Å². The van der Waals surface area contributed by atoms with Crippen molar-refractivity contribution >= 4 is 6.29 Å². The molecule has 0 saturated carbocycles. The summed E-state index contributed by atoms with van der Waals surface area (Å²) in [6.07, 6.45) is 3.28. The van der Waals surface area contributed by atoms with Crippen molar-refractivity contribution in [1.29, 1.82) is 0 Å². The van der Waals surface area contributed by atoms with E-state index >= 15 is 0 Å². The van der Waals surface area contributed by atoms with E-state index in [1.54, 1.807) is 31.4 Å². The van der Waals surface area contributed by atoms with Gasteiger partial charge in [0, 0.05) is 0 Å². The van der Waals surface area contributed by atoms with E-state index in [0.717, 1.165) is 12.7 Å². The highest BCUT2D eigenvalue weighted by Crippen LogP contribution is 2.22. The van der Waals surface area contributed by atoms with Gasteiger partial charge in [0.2, 0.25) is 0 Å². The molecule has 1 rings (SSSR count). The quantitative estimate of drug-likeness (QED) is 0.407. The first kappa shape index (κ1) is 11.3. The maximum absolute atomic E-state index is 10.8. The van der Waals surface area contributed by atoms with Crippen molar-refractivity contribution in [2.45, 2.75) is 6.42 Å². The Morgan fingerprint density at radius 1 is 1.47 bits per heavy atom. The number of aldehydes is 1. The molecule has 0 atom stereocenters. The highest BCUT2D eigenvalue weighted by atomic mass is 16.5. The van der Waals surface area contributed by atoms with E-state index in [4.69, 9.17) is 9.47 Å². The minimum Gasteiger partial charge on any atom is -0.497 e. The smallest absolute Gasteiger partial charge is 0.153 e. The second-order valence-electron chi connectivity index (χ2n) is 2.95. The third-order valence-corrected chi connectivity index (χ3v) is 1.92. The van der Waals surface area contributed by atoms with E-state index < -0.39 is 0 Å². The molecule has 0 spiro atoms. The van der Waals surface area contributed by atoms with Gasteiger partial charge < -0.3 is 9.47 Å². The van der Waals surface area contributed by atoms with E-state index in [9.17, 15) is 4.79 Å². The lowest BCUT2D eigenvalue weighted by Crippen LogP contribution is -1.99. The molecule has 0 radical (unpaired) electrons. The first-order chi connectivity index (χ1) is 7.31. The van der Waals surface area contributed by atoms with Gasteiger partial charge in [-0.1, -0.05) is 6.08 Å². The molecule has 0 unspecified atom stereocenters. The molecule has 1 aromatic carbocycles. The average molecular weight is 206 g/mol. The highest BCUT2D eigenvalue weighted by molar-refractivity contribution is 5.80. The highest BCUT2D eigenvalue weighted by Gasteiger charge is 2.04. The Morgan fingerprint density at radius 3 is 2.87 bits per heavy atom. The van der Waals surface area contributed by atoms with Gasteiger partial charge in [-0.3, -0.25) is 4.79 Å². The molecule has 0 bridgehead atoms. The van der Waals surface area contributed by atoms with Crippen LogP contribution in [0.5, 0.6) is 11.5 Å². The first-order valence-electron chi connectivity index (χ1n) is 4.68. The number of methoxy groups -OCH3 is 1. The van der Waals surface area contributed by atoms with Gasteiger partial charge in [0.25, 0.3) is 0 Å². The summed E-state index contributed by atoms with van der Waals surface area (Å²) in [5.41, 5.74) is 0.499. The third kappa shape index (κ3) is 3.13. The van der Waals surface area contributed by atoms with Crippen LogP contribution in [-0.4, -0.2) is 20.0 Å². The fourth-order valence-corrected chi connectivity index (χ4v) is 1.13. The van der Waals surface area contributed by atoms with Crippen LogP contribution in [0.4, 0.5) is 0 Å². The Morgan fingerprint density at radius 2 is 2.27 bits per heavy atom. The molecule has 15 heavy (non-hydrogen) atoms. The minimum atomic E-state index is 0.499. The fraction of sp³-hybridized carbons (Fsp3) is 0.250. The van der Waals surface area contributed by atoms with Gasteiger partial charge in [0.05, 0.1) is 19.3 Å². The van der Waals surface area contributed by atoms with Crippen LogP contribution >= 0.6 is 0 Å². The molecule has 0 N–H and O–H groups in total. The SMILES string of the molecule is C=CCCOc1ccc(OC)cc1C=O. The number of hydrogen-bond acceptors (Lipinski definition) is 3. The molecule has 0 aliphatic rings. The predicted molar refractivity (Wildman–Crippen MR) is 58.7 cm³/mol. The predicted octanol–water partition coefficient (Wildman–Crippen LogP) is 2.46. The number of carbonyl (C=O) groups is 1. The second-order valence-corrected chi connectivity index (χ2v) is 2.95. The second kappa shape index (κ2) is 5.86. The molecule has 3 nitrogen and oxygen atoms in total. The van der Waals surface area contributed by atoms with Crippen LogP contribution < -0.4 is 9.47 Å². The zero-order chi connectivity index (χ0) is 11.1. The largest absolute Gasteiger partial charge is 0.497 e. The van der Waals surface area contributed by atoms with Crippen molar-refractivity contribution in [2.24, 2.45) is 0 Å². The topological polar surface area (TPSA) is 35.5 Å². The Kier molecular flexibility index (Phi) is 4.41. The summed E-state index contributed by atoms with van der Waals surface area (Å²) < 4.78 is 10.4. The molecule has 0 aliphatic carbocycles. The Bertz CT molecular complexity index is 345. The summed E-state index contributed by atoms with van der Waals surface area (Å²) in [4.78, 5) is 10.8. The van der Waals surface area contributed by atoms with Gasteiger partial charge >= 0.3 is 0 Å². The summed E-state index contributed by atoms with van der Waals surface area (Å²) in [5, 5.41) is 0. The number of hydrogen-bond donors (Lipinski definition) is 0. The average Bonchev–Trinajstić information content (AvgIpc) is 2.29. The van der Waals surface area contributed by atoms with E-state index in [1.807, 2.05) is 0 Å². The molecule has 1 aromatic rings. The maximum Gasteiger partial charge on any atom is 0.153 e. The van der Waals surface area contributed by atoms with E-state index in [-0.39, 0.29) is 0 Å². The summed E-state index contributed by atoms with van der Waals surface area (Å²) in [7, 11) is 1.56. The van der Waals surface area contributed by atoms with Crippen molar-refractivity contribution in [3.05, 3.63) is 36.4 Å². The van der Waals surface area contributed by atoms with Crippen LogP contribution in [0.2, 0.25) is 0 Å². The van der Waals surface area contributed by atoms with Crippen molar-refractivity contribution in [2.75, 3.05) is 13.7 Å². The molecule has 0 amide bonds. The Balaban J connectivity index is 2.77. The molecular formula is C12H14O3. The Labute approximate surface area is 89.3 Å².